The van der Waals surface area contributed by atoms with E-state index in [0.717, 1.165) is 24.2 Å². The quantitative estimate of drug-likeness (QED) is 0.641. The van der Waals surface area contributed by atoms with Gasteiger partial charge in [-0.05, 0) is 56.2 Å². The molecule has 1 N–H and O–H groups in total. The van der Waals surface area contributed by atoms with Gasteiger partial charge < -0.3 is 10.1 Å². The summed E-state index contributed by atoms with van der Waals surface area (Å²) >= 11 is 0. The lowest BCUT2D eigenvalue weighted by molar-refractivity contribution is -0.123. The van der Waals surface area contributed by atoms with E-state index in [1.54, 1.807) is 16.8 Å². The van der Waals surface area contributed by atoms with Crippen LogP contribution in [0.15, 0.2) is 60.7 Å². The second-order valence-electron chi connectivity index (χ2n) is 7.02. The van der Waals surface area contributed by atoms with Crippen LogP contribution in [0, 0.1) is 5.82 Å². The van der Waals surface area contributed by atoms with E-state index in [1.807, 2.05) is 30.3 Å². The van der Waals surface area contributed by atoms with Crippen LogP contribution in [0.1, 0.15) is 41.9 Å². The third-order valence-electron chi connectivity index (χ3n) is 4.68. The van der Waals surface area contributed by atoms with Crippen LogP contribution < -0.4 is 5.32 Å². The van der Waals surface area contributed by atoms with E-state index in [4.69, 9.17) is 4.74 Å². The molecule has 1 aliphatic rings. The molecule has 0 spiro atoms. The Hall–Kier alpha value is -3.48. The molecule has 1 aliphatic carbocycles. The lowest BCUT2D eigenvalue weighted by Gasteiger charge is -2.14. The molecule has 0 saturated heterocycles. The van der Waals surface area contributed by atoms with Crippen molar-refractivity contribution in [2.75, 3.05) is 5.32 Å². The Labute approximate surface area is 167 Å². The molecule has 148 valence electrons. The lowest BCUT2D eigenvalue weighted by Crippen LogP contribution is -2.30. The lowest BCUT2D eigenvalue weighted by atomic mass is 10.2. The molecular formula is C22H20FN3O3. The Balaban J connectivity index is 1.51. The first-order chi connectivity index (χ1) is 14.0. The Morgan fingerprint density at radius 3 is 2.59 bits per heavy atom. The molecule has 1 aromatic heterocycles. The van der Waals surface area contributed by atoms with E-state index in [1.165, 1.54) is 25.1 Å². The fourth-order valence-corrected chi connectivity index (χ4v) is 2.97. The van der Waals surface area contributed by atoms with Crippen LogP contribution in [-0.2, 0) is 9.53 Å². The Morgan fingerprint density at radius 1 is 1.14 bits per heavy atom. The molecule has 1 heterocycles. The van der Waals surface area contributed by atoms with Crippen molar-refractivity contribution < 1.29 is 18.7 Å². The summed E-state index contributed by atoms with van der Waals surface area (Å²) in [6.07, 6.45) is 1.04. The van der Waals surface area contributed by atoms with Crippen molar-refractivity contribution in [3.8, 4) is 5.69 Å². The fraction of sp³-hybridized carbons (Fsp3) is 0.227. The molecule has 29 heavy (non-hydrogen) atoms. The number of para-hydroxylation sites is 1. The number of halogens is 1. The standard InChI is InChI=1S/C22H20FN3O3/c1-14(21(27)24-17-7-5-6-16(23)12-17)29-22(28)20-13-19(15-10-11-15)25-26(20)18-8-3-2-4-9-18/h2-9,12-15H,10-11H2,1H3,(H,24,27)/t14-/m1/s1. The van der Waals surface area contributed by atoms with Crippen molar-refractivity contribution in [3.63, 3.8) is 0 Å². The van der Waals surface area contributed by atoms with Gasteiger partial charge in [-0.1, -0.05) is 24.3 Å². The third kappa shape index (κ3) is 4.34. The van der Waals surface area contributed by atoms with Gasteiger partial charge >= 0.3 is 5.97 Å². The van der Waals surface area contributed by atoms with E-state index < -0.39 is 23.8 Å². The number of esters is 1. The monoisotopic (exact) mass is 393 g/mol. The Bertz CT molecular complexity index is 1040. The number of carbonyl (C=O) groups is 2. The van der Waals surface area contributed by atoms with Crippen LogP contribution in [0.2, 0.25) is 0 Å². The largest absolute Gasteiger partial charge is 0.448 e. The number of rotatable bonds is 6. The highest BCUT2D eigenvalue weighted by Crippen LogP contribution is 2.39. The predicted molar refractivity (Wildman–Crippen MR) is 105 cm³/mol. The van der Waals surface area contributed by atoms with Crippen molar-refractivity contribution in [1.29, 1.82) is 0 Å². The number of hydrogen-bond donors (Lipinski definition) is 1. The molecule has 7 heteroatoms. The Morgan fingerprint density at radius 2 is 1.90 bits per heavy atom. The summed E-state index contributed by atoms with van der Waals surface area (Å²) in [6.45, 7) is 1.47. The van der Waals surface area contributed by atoms with Crippen molar-refractivity contribution in [1.82, 2.24) is 9.78 Å². The summed E-state index contributed by atoms with van der Waals surface area (Å²) in [6, 6.07) is 16.5. The van der Waals surface area contributed by atoms with Gasteiger partial charge in [0.15, 0.2) is 11.8 Å². The van der Waals surface area contributed by atoms with Gasteiger partial charge in [-0.3, -0.25) is 4.79 Å². The molecule has 6 nitrogen and oxygen atoms in total. The molecule has 0 aliphatic heterocycles. The molecule has 1 amide bonds. The first-order valence-electron chi connectivity index (χ1n) is 9.44. The fourth-order valence-electron chi connectivity index (χ4n) is 2.97. The first kappa shape index (κ1) is 18.9. The van der Waals surface area contributed by atoms with Crippen molar-refractivity contribution in [2.24, 2.45) is 0 Å². The SMILES string of the molecule is C[C@@H](OC(=O)c1cc(C2CC2)nn1-c1ccccc1)C(=O)Nc1cccc(F)c1. The number of ether oxygens (including phenoxy) is 1. The summed E-state index contributed by atoms with van der Waals surface area (Å²) in [4.78, 5) is 25.1. The maximum absolute atomic E-state index is 13.3. The average molecular weight is 393 g/mol. The molecule has 0 unspecified atom stereocenters. The number of hydrogen-bond acceptors (Lipinski definition) is 4. The second kappa shape index (κ2) is 7.87. The number of benzene rings is 2. The normalized spacial score (nSPS) is 14.3. The van der Waals surface area contributed by atoms with Crippen molar-refractivity contribution in [2.45, 2.75) is 31.8 Å². The van der Waals surface area contributed by atoms with E-state index in [0.29, 0.717) is 11.6 Å². The molecule has 3 aromatic rings. The first-order valence-corrected chi connectivity index (χ1v) is 9.44. The molecule has 0 radical (unpaired) electrons. The summed E-state index contributed by atoms with van der Waals surface area (Å²) < 4.78 is 20.2. The van der Waals surface area contributed by atoms with Gasteiger partial charge in [-0.25, -0.2) is 13.9 Å². The van der Waals surface area contributed by atoms with Gasteiger partial charge in [-0.2, -0.15) is 5.10 Å². The summed E-state index contributed by atoms with van der Waals surface area (Å²) in [5.74, 6) is -1.29. The number of amides is 1. The molecule has 1 atom stereocenters. The highest BCUT2D eigenvalue weighted by molar-refractivity contribution is 5.97. The van der Waals surface area contributed by atoms with Crippen LogP contribution >= 0.6 is 0 Å². The van der Waals surface area contributed by atoms with Crippen LogP contribution in [0.25, 0.3) is 5.69 Å². The van der Waals surface area contributed by atoms with E-state index >= 15 is 0 Å². The minimum atomic E-state index is -1.06. The smallest absolute Gasteiger partial charge is 0.357 e. The molecule has 4 rings (SSSR count). The number of anilines is 1. The predicted octanol–water partition coefficient (Wildman–Crippen LogP) is 4.07. The maximum atomic E-state index is 13.3. The molecular weight excluding hydrogens is 373 g/mol. The van der Waals surface area contributed by atoms with Gasteiger partial charge in [0, 0.05) is 11.6 Å². The highest BCUT2D eigenvalue weighted by atomic mass is 19.1. The number of nitrogens with one attached hydrogen (secondary N) is 1. The maximum Gasteiger partial charge on any atom is 0.357 e. The number of aromatic nitrogens is 2. The van der Waals surface area contributed by atoms with Gasteiger partial charge in [0.1, 0.15) is 5.82 Å². The zero-order valence-electron chi connectivity index (χ0n) is 15.8. The van der Waals surface area contributed by atoms with Gasteiger partial charge in [0.2, 0.25) is 0 Å². The molecule has 1 fully saturated rings. The van der Waals surface area contributed by atoms with Gasteiger partial charge in [-0.15, -0.1) is 0 Å². The van der Waals surface area contributed by atoms with Gasteiger partial charge in [0.05, 0.1) is 11.4 Å². The summed E-state index contributed by atoms with van der Waals surface area (Å²) in [7, 11) is 0. The minimum Gasteiger partial charge on any atom is -0.448 e. The molecule has 2 aromatic carbocycles. The summed E-state index contributed by atoms with van der Waals surface area (Å²) in [5.41, 5.74) is 2.15. The van der Waals surface area contributed by atoms with Crippen molar-refractivity contribution >= 4 is 17.6 Å². The van der Waals surface area contributed by atoms with Crippen LogP contribution in [0.5, 0.6) is 0 Å². The highest BCUT2D eigenvalue weighted by Gasteiger charge is 2.30. The second-order valence-corrected chi connectivity index (χ2v) is 7.02. The average Bonchev–Trinajstić information content (AvgIpc) is 3.46. The third-order valence-corrected chi connectivity index (χ3v) is 4.68. The zero-order valence-corrected chi connectivity index (χ0v) is 15.8. The van der Waals surface area contributed by atoms with E-state index in [2.05, 4.69) is 10.4 Å². The number of nitrogens with zero attached hydrogens (tertiary/aromatic N) is 2. The summed E-state index contributed by atoms with van der Waals surface area (Å²) in [5, 5.41) is 7.11. The van der Waals surface area contributed by atoms with Gasteiger partial charge in [0.25, 0.3) is 5.91 Å². The number of carbonyl (C=O) groups excluding carboxylic acids is 2. The van der Waals surface area contributed by atoms with Crippen LogP contribution in [-0.4, -0.2) is 27.8 Å². The Kier molecular flexibility index (Phi) is 5.12. The zero-order chi connectivity index (χ0) is 20.4. The molecule has 0 bridgehead atoms. The van der Waals surface area contributed by atoms with Crippen LogP contribution in [0.3, 0.4) is 0 Å². The molecule has 1 saturated carbocycles. The van der Waals surface area contributed by atoms with E-state index in [-0.39, 0.29) is 5.69 Å². The van der Waals surface area contributed by atoms with E-state index in [9.17, 15) is 14.0 Å². The van der Waals surface area contributed by atoms with Crippen LogP contribution in [0.4, 0.5) is 10.1 Å². The minimum absolute atomic E-state index is 0.267. The topological polar surface area (TPSA) is 73.2 Å². The van der Waals surface area contributed by atoms with Crippen molar-refractivity contribution in [3.05, 3.63) is 77.9 Å².